The van der Waals surface area contributed by atoms with E-state index >= 15 is 0 Å². The smallest absolute Gasteiger partial charge is 0.316 e. The number of ketones is 2. The molecule has 2 rings (SSSR count). The fourth-order valence-electron chi connectivity index (χ4n) is 5.81. The first-order valence-corrected chi connectivity index (χ1v) is 13.8. The van der Waals surface area contributed by atoms with Crippen LogP contribution in [0.15, 0.2) is 11.6 Å². The quantitative estimate of drug-likeness (QED) is 0.439. The molecule has 0 saturated carbocycles. The van der Waals surface area contributed by atoms with Gasteiger partial charge < -0.3 is 24.2 Å². The van der Waals surface area contributed by atoms with Crippen LogP contribution in [-0.4, -0.2) is 78.4 Å². The van der Waals surface area contributed by atoms with Gasteiger partial charge in [-0.3, -0.25) is 14.4 Å². The Morgan fingerprint density at radius 3 is 2.24 bits per heavy atom. The van der Waals surface area contributed by atoms with E-state index in [0.29, 0.717) is 24.8 Å². The molecule has 1 N–H and O–H groups in total. The number of esters is 1. The summed E-state index contributed by atoms with van der Waals surface area (Å²) >= 11 is 0. The third-order valence-corrected chi connectivity index (χ3v) is 8.18. The van der Waals surface area contributed by atoms with Crippen molar-refractivity contribution in [3.63, 3.8) is 0 Å². The molecule has 0 spiro atoms. The largest absolute Gasteiger partial charge is 0.461 e. The molecule has 8 nitrogen and oxygen atoms in total. The van der Waals surface area contributed by atoms with Gasteiger partial charge in [0.05, 0.1) is 12.2 Å². The number of nitrogens with zero attached hydrogens (tertiary/aromatic N) is 1. The molecule has 4 unspecified atom stereocenters. The molecule has 8 heteroatoms. The van der Waals surface area contributed by atoms with E-state index < -0.39 is 42.4 Å². The van der Waals surface area contributed by atoms with Gasteiger partial charge in [0, 0.05) is 23.8 Å². The van der Waals surface area contributed by atoms with Crippen LogP contribution in [0, 0.1) is 29.6 Å². The molecule has 2 aliphatic rings. The van der Waals surface area contributed by atoms with E-state index in [9.17, 15) is 19.5 Å². The van der Waals surface area contributed by atoms with Crippen molar-refractivity contribution in [2.45, 2.75) is 111 Å². The number of hydrogen-bond donors (Lipinski definition) is 1. The van der Waals surface area contributed by atoms with Crippen molar-refractivity contribution in [3.8, 4) is 0 Å². The van der Waals surface area contributed by atoms with E-state index in [0.717, 1.165) is 0 Å². The molecule has 1 saturated heterocycles. The maximum absolute atomic E-state index is 13.5. The van der Waals surface area contributed by atoms with E-state index in [1.54, 1.807) is 20.8 Å². The highest BCUT2D eigenvalue weighted by Crippen LogP contribution is 2.33. The monoisotopic (exact) mass is 523 g/mol. The number of likely N-dealkylation sites (N-methyl/N-ethyl adjacent to an activating group) is 1. The minimum absolute atomic E-state index is 0.0262. The molecule has 2 aliphatic heterocycles. The average molecular weight is 524 g/mol. The molecule has 0 amide bonds. The number of allylic oxidation sites excluding steroid dienone is 1. The summed E-state index contributed by atoms with van der Waals surface area (Å²) in [6, 6.07) is -0.163. The van der Waals surface area contributed by atoms with Gasteiger partial charge in [-0.2, -0.15) is 0 Å². The van der Waals surface area contributed by atoms with Crippen LogP contribution in [-0.2, 0) is 28.6 Å². The van der Waals surface area contributed by atoms with Gasteiger partial charge in [-0.1, -0.05) is 40.7 Å². The molecule has 212 valence electrons. The molecule has 0 radical (unpaired) electrons. The second-order valence-corrected chi connectivity index (χ2v) is 11.7. The highest BCUT2D eigenvalue weighted by molar-refractivity contribution is 6.00. The van der Waals surface area contributed by atoms with E-state index in [4.69, 9.17) is 14.2 Å². The SMILES string of the molecule is CC[C@H]1OC(=O)[C@H](C)C(=O)[C@H](C)[C@@H](OC2OC(C)CC(N(C)C)C2O)[C@@H](C)C[C@@H](C)C(=O)/C(C)=C/[C@H]1C. The second-order valence-electron chi connectivity index (χ2n) is 11.7. The van der Waals surface area contributed by atoms with Gasteiger partial charge in [-0.25, -0.2) is 0 Å². The number of carbonyl (C=O) groups is 3. The van der Waals surface area contributed by atoms with Crippen molar-refractivity contribution >= 4 is 17.5 Å². The standard InChI is InChI=1S/C29H49NO7/c1-11-23-15(2)12-16(3)24(31)17(4)13-18(5)27(20(7)25(32)21(8)28(34)36-23)37-29-26(33)22(30(9)10)14-19(6)35-29/h12,15,17-23,26-27,29,33H,11,13-14H2,1-10H3/b16-12+/t15-,17-,18+,19?,20+,21-,22?,23-,26?,27+,29?/m1/s1. The van der Waals surface area contributed by atoms with E-state index in [-0.39, 0.29) is 41.5 Å². The molecule has 11 atom stereocenters. The van der Waals surface area contributed by atoms with E-state index in [1.165, 1.54) is 0 Å². The Morgan fingerprint density at radius 2 is 1.68 bits per heavy atom. The highest BCUT2D eigenvalue weighted by atomic mass is 16.7. The third kappa shape index (κ3) is 7.71. The van der Waals surface area contributed by atoms with E-state index in [1.807, 2.05) is 59.7 Å². The lowest BCUT2D eigenvalue weighted by Crippen LogP contribution is -2.56. The van der Waals surface area contributed by atoms with Crippen LogP contribution in [0.4, 0.5) is 0 Å². The lowest BCUT2D eigenvalue weighted by Gasteiger charge is -2.43. The van der Waals surface area contributed by atoms with Crippen molar-refractivity contribution in [2.24, 2.45) is 29.6 Å². The molecular formula is C29H49NO7. The normalized spacial score (nSPS) is 42.6. The van der Waals surface area contributed by atoms with Gasteiger partial charge >= 0.3 is 5.97 Å². The van der Waals surface area contributed by atoms with Gasteiger partial charge in [-0.05, 0) is 65.6 Å². The zero-order valence-corrected chi connectivity index (χ0v) is 24.4. The molecule has 0 aromatic carbocycles. The number of hydrogen-bond acceptors (Lipinski definition) is 8. The van der Waals surface area contributed by atoms with Crippen LogP contribution in [0.5, 0.6) is 0 Å². The first kappa shape index (κ1) is 31.6. The number of Topliss-reactive ketones (excluding diaryl/α,β-unsaturated/α-hetero) is 2. The summed E-state index contributed by atoms with van der Waals surface area (Å²) in [6.07, 6.45) is 0.503. The van der Waals surface area contributed by atoms with Gasteiger partial charge in [-0.15, -0.1) is 0 Å². The summed E-state index contributed by atoms with van der Waals surface area (Å²) in [5.41, 5.74) is 0.641. The Bertz CT molecular complexity index is 840. The van der Waals surface area contributed by atoms with E-state index in [2.05, 4.69) is 0 Å². The molecule has 0 aromatic rings. The number of cyclic esters (lactones) is 1. The lowest BCUT2D eigenvalue weighted by atomic mass is 9.80. The molecule has 0 bridgehead atoms. The number of rotatable bonds is 4. The Morgan fingerprint density at radius 1 is 1.05 bits per heavy atom. The van der Waals surface area contributed by atoms with Crippen molar-refractivity contribution in [1.29, 1.82) is 0 Å². The van der Waals surface area contributed by atoms with Gasteiger partial charge in [0.15, 0.2) is 17.9 Å². The lowest BCUT2D eigenvalue weighted by molar-refractivity contribution is -0.278. The molecule has 37 heavy (non-hydrogen) atoms. The van der Waals surface area contributed by atoms with Gasteiger partial charge in [0.25, 0.3) is 0 Å². The Labute approximate surface area is 223 Å². The number of carbonyl (C=O) groups excluding carboxylic acids is 3. The van der Waals surface area contributed by atoms with Crippen molar-refractivity contribution in [1.82, 2.24) is 4.90 Å². The van der Waals surface area contributed by atoms with Crippen molar-refractivity contribution in [3.05, 3.63) is 11.6 Å². The number of ether oxygens (including phenoxy) is 3. The highest BCUT2D eigenvalue weighted by Gasteiger charge is 2.43. The van der Waals surface area contributed by atoms with Crippen LogP contribution < -0.4 is 0 Å². The van der Waals surface area contributed by atoms with Crippen LogP contribution in [0.1, 0.15) is 74.7 Å². The van der Waals surface area contributed by atoms with Crippen LogP contribution >= 0.6 is 0 Å². The Hall–Kier alpha value is -1.61. The van der Waals surface area contributed by atoms with Crippen LogP contribution in [0.3, 0.4) is 0 Å². The summed E-state index contributed by atoms with van der Waals surface area (Å²) in [6.45, 7) is 14.8. The Kier molecular flexibility index (Phi) is 11.5. The topological polar surface area (TPSA) is 102 Å². The zero-order valence-electron chi connectivity index (χ0n) is 24.4. The van der Waals surface area contributed by atoms with Gasteiger partial charge in [0.1, 0.15) is 18.1 Å². The van der Waals surface area contributed by atoms with Crippen LogP contribution in [0.25, 0.3) is 0 Å². The first-order chi connectivity index (χ1) is 17.2. The molecule has 0 aliphatic carbocycles. The molecule has 0 aromatic heterocycles. The average Bonchev–Trinajstić information content (AvgIpc) is 2.84. The number of aliphatic hydroxyl groups excluding tert-OH is 1. The fourth-order valence-corrected chi connectivity index (χ4v) is 5.81. The second kappa shape index (κ2) is 13.5. The minimum atomic E-state index is -0.965. The van der Waals surface area contributed by atoms with Crippen LogP contribution in [0.2, 0.25) is 0 Å². The summed E-state index contributed by atoms with van der Waals surface area (Å²) in [7, 11) is 3.81. The molecule has 1 fully saturated rings. The third-order valence-electron chi connectivity index (χ3n) is 8.18. The predicted molar refractivity (Wildman–Crippen MR) is 142 cm³/mol. The maximum Gasteiger partial charge on any atom is 0.316 e. The number of aliphatic hydroxyl groups is 1. The summed E-state index contributed by atoms with van der Waals surface area (Å²) in [4.78, 5) is 41.7. The maximum atomic E-state index is 13.5. The first-order valence-electron chi connectivity index (χ1n) is 13.8. The predicted octanol–water partition coefficient (Wildman–Crippen LogP) is 3.79. The molecule has 2 heterocycles. The zero-order chi connectivity index (χ0) is 28.2. The molecular weight excluding hydrogens is 474 g/mol. The van der Waals surface area contributed by atoms with Crippen molar-refractivity contribution in [2.75, 3.05) is 14.1 Å². The van der Waals surface area contributed by atoms with Gasteiger partial charge in [0.2, 0.25) is 0 Å². The summed E-state index contributed by atoms with van der Waals surface area (Å²) < 4.78 is 18.2. The summed E-state index contributed by atoms with van der Waals surface area (Å²) in [5, 5.41) is 11.1. The van der Waals surface area contributed by atoms with Crippen molar-refractivity contribution < 1.29 is 33.7 Å². The Balaban J connectivity index is 2.44. The summed E-state index contributed by atoms with van der Waals surface area (Å²) in [5.74, 6) is -3.13. The minimum Gasteiger partial charge on any atom is -0.461 e. The fraction of sp³-hybridized carbons (Fsp3) is 0.828.